The second-order valence-corrected chi connectivity index (χ2v) is 10.3. The van der Waals surface area contributed by atoms with Gasteiger partial charge in [0.05, 0.1) is 14.2 Å². The lowest BCUT2D eigenvalue weighted by molar-refractivity contribution is -1.25. The van der Waals surface area contributed by atoms with Crippen LogP contribution in [0.1, 0.15) is 141 Å². The van der Waals surface area contributed by atoms with Crippen molar-refractivity contribution in [3.63, 3.8) is 0 Å². The molecule has 198 valence electrons. The molecule has 3 heteroatoms. The van der Waals surface area contributed by atoms with Crippen LogP contribution in [-0.4, -0.2) is 25.6 Å². The highest BCUT2D eigenvalue weighted by Crippen LogP contribution is 2.19. The lowest BCUT2D eigenvalue weighted by Crippen LogP contribution is -2.45. The molecule has 1 aromatic rings. The predicted molar refractivity (Wildman–Crippen MR) is 147 cm³/mol. The van der Waals surface area contributed by atoms with Gasteiger partial charge in [0.1, 0.15) is 6.54 Å². The number of nitrogens with zero attached hydrogens (tertiary/aromatic N) is 1. The molecule has 0 unspecified atom stereocenters. The Morgan fingerprint density at radius 2 is 0.853 bits per heavy atom. The normalized spacial score (nSPS) is 11.9. The molecule has 0 atom stereocenters. The molecule has 0 aliphatic carbocycles. The Labute approximate surface area is 213 Å². The molecule has 0 amide bonds. The molecular weight excluding hydrogens is 418 g/mol. The van der Waals surface area contributed by atoms with Crippen molar-refractivity contribution in [3.05, 3.63) is 35.9 Å². The molecule has 34 heavy (non-hydrogen) atoms. The summed E-state index contributed by atoms with van der Waals surface area (Å²) in [4.78, 5) is 11.7. The molecule has 0 aromatic heterocycles. The van der Waals surface area contributed by atoms with Gasteiger partial charge in [0.15, 0.2) is 6.54 Å². The smallest absolute Gasteiger partial charge is 0.168 e. The largest absolute Gasteiger partial charge is 0.171 e. The Balaban J connectivity index is 1.87. The highest BCUT2D eigenvalue weighted by molar-refractivity contribution is 5.13. The Morgan fingerprint density at radius 3 is 1.21 bits per heavy atom. The third-order valence-corrected chi connectivity index (χ3v) is 7.28. The molecule has 0 radical (unpaired) electrons. The molecule has 1 rings (SSSR count). The molecule has 0 saturated carbocycles. The summed E-state index contributed by atoms with van der Waals surface area (Å²) in [5.74, 6) is 0. The molecule has 0 spiro atoms. The second-order valence-electron chi connectivity index (χ2n) is 10.3. The minimum atomic E-state index is 0.253. The molecule has 0 bridgehead atoms. The van der Waals surface area contributed by atoms with Gasteiger partial charge in [0, 0.05) is 12.0 Å². The fraction of sp³-hybridized carbons (Fsp3) is 0.806. The van der Waals surface area contributed by atoms with Crippen molar-refractivity contribution in [2.45, 2.75) is 142 Å². The molecule has 0 fully saturated rings. The second kappa shape index (κ2) is 22.6. The lowest BCUT2D eigenvalue weighted by atomic mass is 10.0. The summed E-state index contributed by atoms with van der Waals surface area (Å²) in [6.07, 6.45) is 28.2. The first kappa shape index (κ1) is 31.1. The first-order valence-electron chi connectivity index (χ1n) is 14.8. The topological polar surface area (TPSA) is 18.5 Å². The first-order chi connectivity index (χ1) is 16.8. The quantitative estimate of drug-likeness (QED) is 0.0794. The van der Waals surface area contributed by atoms with E-state index in [0.29, 0.717) is 0 Å². The number of hydrogen-bond acceptors (Lipinski definition) is 2. The van der Waals surface area contributed by atoms with E-state index in [1.807, 2.05) is 0 Å². The van der Waals surface area contributed by atoms with E-state index < -0.39 is 0 Å². The summed E-state index contributed by atoms with van der Waals surface area (Å²) >= 11 is 0. The van der Waals surface area contributed by atoms with Gasteiger partial charge in [-0.25, -0.2) is 0 Å². The Kier molecular flexibility index (Phi) is 20.7. The lowest BCUT2D eigenvalue weighted by Gasteiger charge is -2.30. The van der Waals surface area contributed by atoms with Crippen LogP contribution in [0, 0.1) is 0 Å². The van der Waals surface area contributed by atoms with Crippen molar-refractivity contribution in [2.75, 3.05) is 20.8 Å². The Bertz CT molecular complexity index is 529. The average molecular weight is 477 g/mol. The minimum Gasteiger partial charge on any atom is -0.171 e. The van der Waals surface area contributed by atoms with Crippen LogP contribution in [0.5, 0.6) is 0 Å². The van der Waals surface area contributed by atoms with Crippen LogP contribution in [0.25, 0.3) is 0 Å². The van der Waals surface area contributed by atoms with E-state index in [4.69, 9.17) is 9.68 Å². The van der Waals surface area contributed by atoms with Crippen LogP contribution in [0.2, 0.25) is 0 Å². The summed E-state index contributed by atoms with van der Waals surface area (Å²) in [5, 5.41) is 0. The van der Waals surface area contributed by atoms with Crippen LogP contribution in [-0.2, 0) is 16.2 Å². The minimum absolute atomic E-state index is 0.253. The summed E-state index contributed by atoms with van der Waals surface area (Å²) in [7, 11) is 3.51. The number of hydroxylamine groups is 4. The third-order valence-electron chi connectivity index (χ3n) is 7.28. The molecule has 0 saturated heterocycles. The number of hydrogen-bond donors (Lipinski definition) is 0. The Hall–Kier alpha value is -0.900. The number of quaternary nitrogens is 1. The van der Waals surface area contributed by atoms with E-state index >= 15 is 0 Å². The number of benzene rings is 1. The van der Waals surface area contributed by atoms with Gasteiger partial charge in [0.25, 0.3) is 0 Å². The first-order valence-corrected chi connectivity index (χ1v) is 14.8. The van der Waals surface area contributed by atoms with Gasteiger partial charge < -0.3 is 0 Å². The maximum absolute atomic E-state index is 5.75. The van der Waals surface area contributed by atoms with Crippen LogP contribution < -0.4 is 0 Å². The summed E-state index contributed by atoms with van der Waals surface area (Å²) < 4.78 is 0. The van der Waals surface area contributed by atoms with Gasteiger partial charge in [-0.1, -0.05) is 153 Å². The highest BCUT2D eigenvalue weighted by Gasteiger charge is 2.29. The fourth-order valence-electron chi connectivity index (χ4n) is 4.93. The predicted octanol–water partition coefficient (Wildman–Crippen LogP) is 9.95. The van der Waals surface area contributed by atoms with Crippen molar-refractivity contribution >= 4 is 0 Å². The van der Waals surface area contributed by atoms with E-state index in [9.17, 15) is 0 Å². The summed E-state index contributed by atoms with van der Waals surface area (Å²) in [5.41, 5.74) is 1.25. The monoisotopic (exact) mass is 476 g/mol. The van der Waals surface area contributed by atoms with E-state index in [1.165, 1.54) is 128 Å². The van der Waals surface area contributed by atoms with Crippen LogP contribution in [0.3, 0.4) is 0 Å². The van der Waals surface area contributed by atoms with E-state index in [1.54, 1.807) is 14.2 Å². The zero-order chi connectivity index (χ0) is 24.6. The molecule has 3 nitrogen and oxygen atoms in total. The van der Waals surface area contributed by atoms with Crippen molar-refractivity contribution in [2.24, 2.45) is 0 Å². The van der Waals surface area contributed by atoms with E-state index in [-0.39, 0.29) is 4.81 Å². The van der Waals surface area contributed by atoms with Crippen molar-refractivity contribution in [1.29, 1.82) is 0 Å². The molecule has 1 aromatic carbocycles. The number of rotatable bonds is 25. The maximum Gasteiger partial charge on any atom is 0.168 e. The van der Waals surface area contributed by atoms with Gasteiger partial charge in [-0.2, -0.15) is 9.68 Å². The summed E-state index contributed by atoms with van der Waals surface area (Å²) in [6, 6.07) is 10.5. The fourth-order valence-corrected chi connectivity index (χ4v) is 4.93. The molecule has 0 N–H and O–H groups in total. The van der Waals surface area contributed by atoms with Gasteiger partial charge in [-0.15, -0.1) is 0 Å². The average Bonchev–Trinajstić information content (AvgIpc) is 2.87. The SMILES string of the molecule is CCCCCCCCCCCCCCCCCCCCCC[N+](Cc1ccccc1)(OC)OC. The van der Waals surface area contributed by atoms with Crippen LogP contribution in [0.15, 0.2) is 30.3 Å². The van der Waals surface area contributed by atoms with E-state index in [2.05, 4.69) is 37.3 Å². The molecule has 0 aliphatic rings. The highest BCUT2D eigenvalue weighted by atomic mass is 17.0. The van der Waals surface area contributed by atoms with Gasteiger partial charge in [-0.05, 0) is 11.2 Å². The Morgan fingerprint density at radius 1 is 0.500 bits per heavy atom. The molecular formula is C31H58NO2+. The third kappa shape index (κ3) is 16.7. The van der Waals surface area contributed by atoms with Crippen LogP contribution >= 0.6 is 0 Å². The summed E-state index contributed by atoms with van der Waals surface area (Å²) in [6.45, 7) is 3.96. The zero-order valence-corrected chi connectivity index (χ0v) is 23.2. The van der Waals surface area contributed by atoms with Crippen molar-refractivity contribution in [3.8, 4) is 0 Å². The van der Waals surface area contributed by atoms with Gasteiger partial charge in [0.2, 0.25) is 0 Å². The molecule has 0 heterocycles. The standard InChI is InChI=1S/C31H58NO2/c1-4-5-6-7-8-9-10-11-12-13-14-15-16-17-18-19-20-21-22-26-29-32(33-2,34-3)30-31-27-24-23-25-28-31/h23-25,27-28H,4-22,26,29-30H2,1-3H3/q+1. The number of unbranched alkanes of at least 4 members (excludes halogenated alkanes) is 19. The maximum atomic E-state index is 5.75. The van der Waals surface area contributed by atoms with Crippen LogP contribution in [0.4, 0.5) is 0 Å². The van der Waals surface area contributed by atoms with Crippen molar-refractivity contribution in [1.82, 2.24) is 0 Å². The van der Waals surface area contributed by atoms with Gasteiger partial charge >= 0.3 is 0 Å². The molecule has 0 aliphatic heterocycles. The van der Waals surface area contributed by atoms with E-state index in [0.717, 1.165) is 19.5 Å². The van der Waals surface area contributed by atoms with Crippen molar-refractivity contribution < 1.29 is 14.5 Å². The zero-order valence-electron chi connectivity index (χ0n) is 23.2. The van der Waals surface area contributed by atoms with Gasteiger partial charge in [-0.3, -0.25) is 0 Å².